The van der Waals surface area contributed by atoms with Crippen molar-refractivity contribution in [1.82, 2.24) is 4.90 Å². The number of hydrogen-bond donors (Lipinski definition) is 2. The van der Waals surface area contributed by atoms with Crippen LogP contribution in [0.1, 0.15) is 80.9 Å². The number of ether oxygens (including phenoxy) is 4. The molecule has 68 heavy (non-hydrogen) atoms. The molecule has 0 saturated heterocycles. The van der Waals surface area contributed by atoms with Gasteiger partial charge in [-0.15, -0.1) is 6.58 Å². The molecule has 16 nitrogen and oxygen atoms in total. The second-order valence-corrected chi connectivity index (χ2v) is 17.4. The van der Waals surface area contributed by atoms with Gasteiger partial charge in [-0.2, -0.15) is 0 Å². The molecular formula is C52H60N4O12. The van der Waals surface area contributed by atoms with Crippen molar-refractivity contribution in [2.75, 3.05) is 33.5 Å². The van der Waals surface area contributed by atoms with Gasteiger partial charge >= 0.3 is 0 Å². The summed E-state index contributed by atoms with van der Waals surface area (Å²) in [5, 5.41) is 48.0. The molecule has 4 aromatic rings. The SMILES string of the molecule is C=CCO[C@@]12Oc3ccc(Oc4cccc([N+](=O)[O-])c4)cc3[C@H]3[C@H](CCCCO)[C@@H](CCCCO)C=C(C(=NOCc4ccc([N+](=O)[O-])cc4)C[C@@H]1N(CCC)C(=O)Cc1cccc(OC)c1)[C@H]32. The van der Waals surface area contributed by atoms with E-state index in [9.17, 15) is 30.4 Å². The first-order valence-corrected chi connectivity index (χ1v) is 23.3. The number of unbranched alkanes of at least 4 members (excludes halogenated alkanes) is 2. The van der Waals surface area contributed by atoms with Crippen molar-refractivity contribution in [2.45, 2.75) is 89.1 Å². The van der Waals surface area contributed by atoms with E-state index in [0.717, 1.165) is 29.5 Å². The maximum Gasteiger partial charge on any atom is 0.273 e. The van der Waals surface area contributed by atoms with Crippen LogP contribution in [0.2, 0.25) is 0 Å². The zero-order chi connectivity index (χ0) is 48.2. The minimum absolute atomic E-state index is 0.0144. The lowest BCUT2D eigenvalue weighted by Crippen LogP contribution is -2.70. The molecule has 2 aliphatic carbocycles. The first-order valence-electron chi connectivity index (χ1n) is 23.3. The molecule has 1 aliphatic heterocycles. The van der Waals surface area contributed by atoms with Gasteiger partial charge in [0.2, 0.25) is 11.7 Å². The van der Waals surface area contributed by atoms with E-state index in [1.807, 2.05) is 48.2 Å². The quantitative estimate of drug-likeness (QED) is 0.0292. The largest absolute Gasteiger partial charge is 0.497 e. The highest BCUT2D eigenvalue weighted by atomic mass is 16.7. The van der Waals surface area contributed by atoms with Crippen LogP contribution in [0.25, 0.3) is 0 Å². The number of oxime groups is 1. The number of carbonyl (C=O) groups excluding carboxylic acids is 1. The number of aliphatic hydroxyl groups is 2. The maximum atomic E-state index is 15.0. The standard InChI is InChI=1S/C52H60N4O12/c1-4-24-54(49(59)29-36-12-10-15-40(28-36)64-3)48-33-46(53-66-34-35-18-20-38(21-19-35)55(60)61)44-30-37(13-6-8-25-57)43(17-7-9-26-58)50-45-32-42(67-41-16-11-14-39(31-41)56(62)63)22-23-47(45)68-52(48,51(44)50)65-27-5-2/h5,10-12,14-16,18-23,28,30-32,37,43,48,50-51,57-58H,2,4,6-9,13,17,24-27,29,33-34H2,1,3H3/t37-,43+,48-,50+,51+,52+/m0/s1. The van der Waals surface area contributed by atoms with Crippen LogP contribution in [-0.2, 0) is 27.4 Å². The minimum Gasteiger partial charge on any atom is -0.497 e. The number of fused-ring (bicyclic) bond motifs is 2. The number of carbonyl (C=O) groups is 1. The van der Waals surface area contributed by atoms with Crippen molar-refractivity contribution < 1.29 is 48.6 Å². The molecule has 2 N–H and O–H groups in total. The van der Waals surface area contributed by atoms with Gasteiger partial charge in [-0.05, 0) is 109 Å². The smallest absolute Gasteiger partial charge is 0.273 e. The molecular weight excluding hydrogens is 873 g/mol. The molecule has 0 unspecified atom stereocenters. The Labute approximate surface area is 396 Å². The Kier molecular flexibility index (Phi) is 16.6. The number of aliphatic hydroxyl groups excluding tert-OH is 2. The fraction of sp³-hybridized carbons (Fsp3) is 0.423. The van der Waals surface area contributed by atoms with Gasteiger partial charge in [0.05, 0.1) is 47.7 Å². The van der Waals surface area contributed by atoms with Gasteiger partial charge in [-0.25, -0.2) is 0 Å². The molecule has 7 rings (SSSR count). The first-order chi connectivity index (χ1) is 33.0. The van der Waals surface area contributed by atoms with Crippen molar-refractivity contribution in [3.05, 3.63) is 152 Å². The highest BCUT2D eigenvalue weighted by molar-refractivity contribution is 6.03. The van der Waals surface area contributed by atoms with E-state index < -0.39 is 27.6 Å². The molecule has 0 aromatic heterocycles. The highest BCUT2D eigenvalue weighted by Gasteiger charge is 2.65. The number of nitro benzene ring substituents is 2. The third-order valence-electron chi connectivity index (χ3n) is 13.1. The van der Waals surface area contributed by atoms with Gasteiger partial charge in [0.15, 0.2) is 0 Å². The number of nitrogens with zero attached hydrogens (tertiary/aromatic N) is 4. The zero-order valence-corrected chi connectivity index (χ0v) is 38.6. The number of nitro groups is 2. The minimum atomic E-state index is -1.50. The number of allylic oxidation sites excluding steroid dienone is 1. The van der Waals surface area contributed by atoms with E-state index in [0.29, 0.717) is 67.2 Å². The molecule has 0 bridgehead atoms. The van der Waals surface area contributed by atoms with E-state index in [4.69, 9.17) is 28.9 Å². The number of hydrogen-bond acceptors (Lipinski definition) is 13. The number of amides is 1. The van der Waals surface area contributed by atoms with Gasteiger partial charge in [0.1, 0.15) is 35.6 Å². The number of benzene rings is 4. The Morgan fingerprint density at radius 3 is 2.32 bits per heavy atom. The lowest BCUT2D eigenvalue weighted by molar-refractivity contribution is -0.385. The third-order valence-corrected chi connectivity index (χ3v) is 13.1. The molecule has 6 atom stereocenters. The Hall–Kier alpha value is -6.62. The van der Waals surface area contributed by atoms with Crippen LogP contribution >= 0.6 is 0 Å². The average molecular weight is 933 g/mol. The summed E-state index contributed by atoms with van der Waals surface area (Å²) in [4.78, 5) is 45.2. The average Bonchev–Trinajstić information content (AvgIpc) is 3.34. The molecule has 1 saturated carbocycles. The fourth-order valence-corrected chi connectivity index (χ4v) is 10.2. The predicted molar refractivity (Wildman–Crippen MR) is 255 cm³/mol. The maximum absolute atomic E-state index is 15.0. The van der Waals surface area contributed by atoms with E-state index in [1.165, 1.54) is 24.3 Å². The molecule has 1 heterocycles. The van der Waals surface area contributed by atoms with Gasteiger partial charge < -0.3 is 38.9 Å². The van der Waals surface area contributed by atoms with E-state index >= 15 is 4.79 Å². The Bertz CT molecular complexity index is 2480. The molecule has 0 radical (unpaired) electrons. The van der Waals surface area contributed by atoms with E-state index in [-0.39, 0.29) is 80.1 Å². The number of methoxy groups -OCH3 is 1. The van der Waals surface area contributed by atoms with Gasteiger partial charge in [-0.3, -0.25) is 25.0 Å². The van der Waals surface area contributed by atoms with Crippen LogP contribution in [0.15, 0.2) is 120 Å². The van der Waals surface area contributed by atoms with Crippen molar-refractivity contribution >= 4 is 23.0 Å². The van der Waals surface area contributed by atoms with Crippen LogP contribution in [0.3, 0.4) is 0 Å². The molecule has 1 fully saturated rings. The van der Waals surface area contributed by atoms with Gasteiger partial charge in [0.25, 0.3) is 11.4 Å². The highest BCUT2D eigenvalue weighted by Crippen LogP contribution is 2.62. The molecule has 4 aromatic carbocycles. The summed E-state index contributed by atoms with van der Waals surface area (Å²) in [6.07, 6.45) is 8.86. The van der Waals surface area contributed by atoms with E-state index in [1.54, 1.807) is 43.5 Å². The normalized spacial score (nSPS) is 21.9. The second-order valence-electron chi connectivity index (χ2n) is 17.4. The molecule has 360 valence electrons. The summed E-state index contributed by atoms with van der Waals surface area (Å²) in [5.74, 6) is -0.840. The Balaban J connectivity index is 1.42. The fourth-order valence-electron chi connectivity index (χ4n) is 10.2. The lowest BCUT2D eigenvalue weighted by Gasteiger charge is -2.60. The van der Waals surface area contributed by atoms with Gasteiger partial charge in [-0.1, -0.05) is 55.3 Å². The third kappa shape index (κ3) is 11.0. The topological polar surface area (TPSA) is 206 Å². The van der Waals surface area contributed by atoms with Crippen LogP contribution in [0.5, 0.6) is 23.0 Å². The molecule has 3 aliphatic rings. The Morgan fingerprint density at radius 2 is 1.62 bits per heavy atom. The zero-order valence-electron chi connectivity index (χ0n) is 38.6. The summed E-state index contributed by atoms with van der Waals surface area (Å²) in [6, 6.07) is 24.2. The monoisotopic (exact) mass is 932 g/mol. The van der Waals surface area contributed by atoms with Gasteiger partial charge in [0, 0.05) is 55.9 Å². The predicted octanol–water partition coefficient (Wildman–Crippen LogP) is 9.62. The number of non-ortho nitro benzene ring substituents is 2. The van der Waals surface area contributed by atoms with Crippen molar-refractivity contribution in [2.24, 2.45) is 22.9 Å². The summed E-state index contributed by atoms with van der Waals surface area (Å²) >= 11 is 0. The summed E-state index contributed by atoms with van der Waals surface area (Å²) in [7, 11) is 1.58. The molecule has 0 spiro atoms. The second kappa shape index (κ2) is 22.9. The summed E-state index contributed by atoms with van der Waals surface area (Å²) < 4.78 is 26.3. The van der Waals surface area contributed by atoms with Crippen LogP contribution < -0.4 is 14.2 Å². The van der Waals surface area contributed by atoms with Crippen LogP contribution in [0, 0.1) is 38.0 Å². The van der Waals surface area contributed by atoms with Crippen LogP contribution in [0.4, 0.5) is 11.4 Å². The summed E-state index contributed by atoms with van der Waals surface area (Å²) in [6.45, 7) is 6.56. The lowest BCUT2D eigenvalue weighted by atomic mass is 9.55. The number of rotatable bonds is 24. The summed E-state index contributed by atoms with van der Waals surface area (Å²) in [5.41, 5.74) is 3.53. The van der Waals surface area contributed by atoms with E-state index in [2.05, 4.69) is 12.7 Å². The Morgan fingerprint density at radius 1 is 0.897 bits per heavy atom. The molecule has 16 heteroatoms. The van der Waals surface area contributed by atoms with Crippen LogP contribution in [-0.4, -0.2) is 81.9 Å². The van der Waals surface area contributed by atoms with Crippen molar-refractivity contribution in [3.8, 4) is 23.0 Å². The van der Waals surface area contributed by atoms with Crippen molar-refractivity contribution in [1.29, 1.82) is 0 Å². The molecule has 1 amide bonds. The first kappa shape index (κ1) is 49.3. The van der Waals surface area contributed by atoms with Crippen molar-refractivity contribution in [3.63, 3.8) is 0 Å².